The molecule has 5 nitrogen and oxygen atoms in total. The Kier molecular flexibility index (Phi) is 4.80. The lowest BCUT2D eigenvalue weighted by atomic mass is 9.98. The largest absolute Gasteiger partial charge is 0.507 e. The molecule has 29 heavy (non-hydrogen) atoms. The number of ketones is 1. The number of Topliss-reactive ketones (excluding diaryl/α,β-unsaturated/α-hetero) is 1. The van der Waals surface area contributed by atoms with E-state index in [0.717, 1.165) is 12.0 Å². The number of amides is 1. The normalized spacial score (nSPS) is 18.4. The van der Waals surface area contributed by atoms with Gasteiger partial charge in [0.1, 0.15) is 23.3 Å². The van der Waals surface area contributed by atoms with Crippen molar-refractivity contribution in [1.82, 2.24) is 0 Å². The number of nitrogens with zero attached hydrogens (tertiary/aromatic N) is 1. The minimum Gasteiger partial charge on any atom is -0.507 e. The third-order valence-electron chi connectivity index (χ3n) is 5.15. The van der Waals surface area contributed by atoms with Crippen LogP contribution < -0.4 is 4.90 Å². The fraction of sp³-hybridized carbons (Fsp3) is 0.167. The summed E-state index contributed by atoms with van der Waals surface area (Å²) in [6.45, 7) is 3.83. The lowest BCUT2D eigenvalue weighted by Gasteiger charge is -2.23. The molecule has 1 atom stereocenters. The summed E-state index contributed by atoms with van der Waals surface area (Å²) in [6, 6.07) is 18.9. The molecular formula is C24H21NO4. The molecule has 1 saturated heterocycles. The van der Waals surface area contributed by atoms with E-state index in [-0.39, 0.29) is 11.3 Å². The molecule has 0 spiro atoms. The first-order valence-electron chi connectivity index (χ1n) is 9.53. The number of carbonyl (C=O) groups is 2. The summed E-state index contributed by atoms with van der Waals surface area (Å²) >= 11 is 0. The first kappa shape index (κ1) is 18.7. The van der Waals surface area contributed by atoms with Gasteiger partial charge < -0.3 is 9.52 Å². The van der Waals surface area contributed by atoms with Crippen LogP contribution in [-0.2, 0) is 16.0 Å². The van der Waals surface area contributed by atoms with Gasteiger partial charge in [0.15, 0.2) is 0 Å². The highest BCUT2D eigenvalue weighted by atomic mass is 16.3. The van der Waals surface area contributed by atoms with Gasteiger partial charge in [-0.25, -0.2) is 0 Å². The lowest BCUT2D eigenvalue weighted by Crippen LogP contribution is -2.29. The van der Waals surface area contributed by atoms with E-state index in [4.69, 9.17) is 4.42 Å². The molecule has 0 saturated carbocycles. The minimum absolute atomic E-state index is 0.0254. The maximum absolute atomic E-state index is 13.0. The van der Waals surface area contributed by atoms with Crippen molar-refractivity contribution in [2.75, 3.05) is 4.90 Å². The Hall–Kier alpha value is -3.60. The zero-order valence-corrected chi connectivity index (χ0v) is 16.3. The minimum atomic E-state index is -0.836. The number of hydrogen-bond donors (Lipinski definition) is 1. The molecule has 0 bridgehead atoms. The van der Waals surface area contributed by atoms with Crippen LogP contribution in [0.3, 0.4) is 0 Å². The summed E-state index contributed by atoms with van der Waals surface area (Å²) in [4.78, 5) is 27.3. The Morgan fingerprint density at radius 1 is 1.00 bits per heavy atom. The van der Waals surface area contributed by atoms with Gasteiger partial charge in [-0.1, -0.05) is 49.4 Å². The van der Waals surface area contributed by atoms with Crippen molar-refractivity contribution in [1.29, 1.82) is 0 Å². The van der Waals surface area contributed by atoms with Crippen LogP contribution >= 0.6 is 0 Å². The second kappa shape index (κ2) is 7.43. The van der Waals surface area contributed by atoms with Crippen molar-refractivity contribution in [3.63, 3.8) is 0 Å². The molecule has 1 aromatic heterocycles. The van der Waals surface area contributed by atoms with Crippen LogP contribution in [0.25, 0.3) is 5.76 Å². The van der Waals surface area contributed by atoms with Gasteiger partial charge in [0.2, 0.25) is 0 Å². The van der Waals surface area contributed by atoms with E-state index in [1.165, 1.54) is 4.90 Å². The average molecular weight is 387 g/mol. The monoisotopic (exact) mass is 387 g/mol. The molecule has 0 aliphatic carbocycles. The van der Waals surface area contributed by atoms with E-state index in [1.54, 1.807) is 55.5 Å². The molecule has 1 amide bonds. The van der Waals surface area contributed by atoms with E-state index < -0.39 is 17.7 Å². The van der Waals surface area contributed by atoms with Gasteiger partial charge in [0.25, 0.3) is 11.7 Å². The van der Waals surface area contributed by atoms with Gasteiger partial charge in [-0.15, -0.1) is 0 Å². The number of para-hydroxylation sites is 1. The van der Waals surface area contributed by atoms with Crippen molar-refractivity contribution in [3.05, 3.63) is 95.0 Å². The Bertz CT molecular complexity index is 1090. The molecule has 2 aromatic carbocycles. The number of aryl methyl sites for hydroxylation is 2. The number of aliphatic hydroxyl groups is 1. The molecule has 5 heteroatoms. The van der Waals surface area contributed by atoms with Gasteiger partial charge in [-0.05, 0) is 43.2 Å². The molecule has 1 unspecified atom stereocenters. The van der Waals surface area contributed by atoms with E-state index in [2.05, 4.69) is 0 Å². The Labute approximate surface area is 168 Å². The third-order valence-corrected chi connectivity index (χ3v) is 5.15. The molecule has 1 fully saturated rings. The van der Waals surface area contributed by atoms with Crippen molar-refractivity contribution >= 4 is 23.1 Å². The number of furan rings is 1. The standard InChI is InChI=1S/C24H21NO4/c1-3-16-10-12-17(13-11-16)22(26)20-21(19-14-9-15(2)29-19)25(24(28)23(20)27)18-7-5-4-6-8-18/h4-14,21,26H,3H2,1-2H3/b22-20-. The lowest BCUT2D eigenvalue weighted by molar-refractivity contribution is -0.132. The zero-order chi connectivity index (χ0) is 20.5. The quantitative estimate of drug-likeness (QED) is 0.397. The van der Waals surface area contributed by atoms with Crippen LogP contribution in [0.2, 0.25) is 0 Å². The maximum atomic E-state index is 13.0. The van der Waals surface area contributed by atoms with Crippen LogP contribution in [0.15, 0.2) is 76.7 Å². The summed E-state index contributed by atoms with van der Waals surface area (Å²) in [7, 11) is 0. The molecule has 0 radical (unpaired) electrons. The SMILES string of the molecule is CCc1ccc(/C(O)=C2/C(=O)C(=O)N(c3ccccc3)C2c2ccc(C)o2)cc1. The van der Waals surface area contributed by atoms with Crippen LogP contribution in [-0.4, -0.2) is 16.8 Å². The fourth-order valence-corrected chi connectivity index (χ4v) is 3.61. The first-order valence-corrected chi connectivity index (χ1v) is 9.53. The van der Waals surface area contributed by atoms with Gasteiger partial charge in [-0.3, -0.25) is 14.5 Å². The number of anilines is 1. The summed E-state index contributed by atoms with van der Waals surface area (Å²) in [5, 5.41) is 11.0. The second-order valence-corrected chi connectivity index (χ2v) is 7.00. The Morgan fingerprint density at radius 3 is 2.28 bits per heavy atom. The first-order chi connectivity index (χ1) is 14.0. The maximum Gasteiger partial charge on any atom is 0.300 e. The van der Waals surface area contributed by atoms with Crippen LogP contribution in [0.5, 0.6) is 0 Å². The van der Waals surface area contributed by atoms with Crippen LogP contribution in [0.4, 0.5) is 5.69 Å². The molecule has 3 aromatic rings. The predicted molar refractivity (Wildman–Crippen MR) is 110 cm³/mol. The summed E-state index contributed by atoms with van der Waals surface area (Å²) < 4.78 is 5.78. The fourth-order valence-electron chi connectivity index (χ4n) is 3.61. The molecule has 1 N–H and O–H groups in total. The molecule has 1 aliphatic heterocycles. The van der Waals surface area contributed by atoms with Crippen LogP contribution in [0.1, 0.15) is 35.6 Å². The van der Waals surface area contributed by atoms with E-state index in [0.29, 0.717) is 22.8 Å². The molecule has 1 aliphatic rings. The number of carbonyl (C=O) groups excluding carboxylic acids is 2. The van der Waals surface area contributed by atoms with Crippen LogP contribution in [0, 0.1) is 6.92 Å². The van der Waals surface area contributed by atoms with Crippen molar-refractivity contribution < 1.29 is 19.1 Å². The molecule has 146 valence electrons. The van der Waals surface area contributed by atoms with E-state index in [1.807, 2.05) is 25.1 Å². The highest BCUT2D eigenvalue weighted by molar-refractivity contribution is 6.51. The second-order valence-electron chi connectivity index (χ2n) is 7.00. The summed E-state index contributed by atoms with van der Waals surface area (Å²) in [5.41, 5.74) is 2.19. The predicted octanol–water partition coefficient (Wildman–Crippen LogP) is 4.78. The Balaban J connectivity index is 1.90. The molecule has 4 rings (SSSR count). The number of hydrogen-bond acceptors (Lipinski definition) is 4. The van der Waals surface area contributed by atoms with Gasteiger partial charge in [0, 0.05) is 11.3 Å². The zero-order valence-electron chi connectivity index (χ0n) is 16.3. The number of benzene rings is 2. The van der Waals surface area contributed by atoms with Crippen molar-refractivity contribution in [3.8, 4) is 0 Å². The highest BCUT2D eigenvalue weighted by Crippen LogP contribution is 2.42. The van der Waals surface area contributed by atoms with Gasteiger partial charge in [0.05, 0.1) is 5.57 Å². The summed E-state index contributed by atoms with van der Waals surface area (Å²) in [6.07, 6.45) is 0.866. The van der Waals surface area contributed by atoms with E-state index >= 15 is 0 Å². The van der Waals surface area contributed by atoms with Gasteiger partial charge in [-0.2, -0.15) is 0 Å². The Morgan fingerprint density at radius 2 is 1.69 bits per heavy atom. The number of rotatable bonds is 4. The third kappa shape index (κ3) is 3.25. The topological polar surface area (TPSA) is 70.8 Å². The molecule has 2 heterocycles. The highest BCUT2D eigenvalue weighted by Gasteiger charge is 2.48. The average Bonchev–Trinajstić information content (AvgIpc) is 3.29. The van der Waals surface area contributed by atoms with E-state index in [9.17, 15) is 14.7 Å². The van der Waals surface area contributed by atoms with Crippen molar-refractivity contribution in [2.45, 2.75) is 26.3 Å². The van der Waals surface area contributed by atoms with Crippen molar-refractivity contribution in [2.24, 2.45) is 0 Å². The molecular weight excluding hydrogens is 366 g/mol. The summed E-state index contributed by atoms with van der Waals surface area (Å²) in [5.74, 6) is -0.543. The van der Waals surface area contributed by atoms with Gasteiger partial charge >= 0.3 is 0 Å². The number of aliphatic hydroxyl groups excluding tert-OH is 1. The smallest absolute Gasteiger partial charge is 0.300 e.